The van der Waals surface area contributed by atoms with Crippen molar-refractivity contribution >= 4 is 39.1 Å². The molecule has 0 radical (unpaired) electrons. The summed E-state index contributed by atoms with van der Waals surface area (Å²) in [6, 6.07) is 12.0. The Bertz CT molecular complexity index is 832. The molecule has 6 heteroatoms. The number of benzene rings is 1. The molecule has 142 valence electrons. The Kier molecular flexibility index (Phi) is 5.37. The van der Waals surface area contributed by atoms with Crippen LogP contribution in [0.1, 0.15) is 47.3 Å². The number of carbonyl (C=O) groups excluding carboxylic acids is 2. The molecule has 2 fully saturated rings. The lowest BCUT2D eigenvalue weighted by atomic mass is 9.71. The van der Waals surface area contributed by atoms with Crippen LogP contribution < -0.4 is 5.32 Å². The topological polar surface area (TPSA) is 49.4 Å². The number of halogens is 1. The van der Waals surface area contributed by atoms with Crippen molar-refractivity contribution in [3.63, 3.8) is 0 Å². The molecule has 2 aliphatic rings. The lowest BCUT2D eigenvalue weighted by Crippen LogP contribution is -2.54. The van der Waals surface area contributed by atoms with Gasteiger partial charge in [0, 0.05) is 17.6 Å². The monoisotopic (exact) mass is 446 g/mol. The number of amides is 2. The first kappa shape index (κ1) is 18.7. The molecule has 4 rings (SSSR count). The van der Waals surface area contributed by atoms with Crippen LogP contribution in [0.5, 0.6) is 0 Å². The van der Waals surface area contributed by atoms with Gasteiger partial charge in [-0.15, -0.1) is 11.3 Å². The van der Waals surface area contributed by atoms with Crippen molar-refractivity contribution in [3.8, 4) is 0 Å². The van der Waals surface area contributed by atoms with E-state index < -0.39 is 0 Å². The van der Waals surface area contributed by atoms with E-state index in [1.807, 2.05) is 34.5 Å². The van der Waals surface area contributed by atoms with E-state index in [1.54, 1.807) is 0 Å². The summed E-state index contributed by atoms with van der Waals surface area (Å²) in [6.45, 7) is 1.24. The number of nitrogens with zero attached hydrogens (tertiary/aromatic N) is 1. The average molecular weight is 447 g/mol. The Hall–Kier alpha value is -1.66. The van der Waals surface area contributed by atoms with Crippen LogP contribution in [-0.2, 0) is 10.3 Å². The van der Waals surface area contributed by atoms with Crippen molar-refractivity contribution in [2.45, 2.75) is 37.6 Å². The summed E-state index contributed by atoms with van der Waals surface area (Å²) < 4.78 is 1.03. The molecule has 2 heterocycles. The summed E-state index contributed by atoms with van der Waals surface area (Å²) in [5, 5.41) is 5.26. The zero-order valence-electron chi connectivity index (χ0n) is 15.1. The number of nitrogens with one attached hydrogen (secondary N) is 1. The van der Waals surface area contributed by atoms with Crippen molar-refractivity contribution in [2.75, 3.05) is 13.1 Å². The molecule has 0 bridgehead atoms. The third kappa shape index (κ3) is 3.83. The number of carbonyl (C=O) groups is 2. The second-order valence-electron chi connectivity index (χ2n) is 7.50. The fourth-order valence-electron chi connectivity index (χ4n) is 4.07. The van der Waals surface area contributed by atoms with Crippen LogP contribution in [0.2, 0.25) is 0 Å². The third-order valence-electron chi connectivity index (χ3n) is 5.76. The van der Waals surface area contributed by atoms with E-state index >= 15 is 0 Å². The third-order valence-corrected chi connectivity index (χ3v) is 7.11. The first-order valence-electron chi connectivity index (χ1n) is 9.48. The van der Waals surface area contributed by atoms with Crippen LogP contribution in [0.3, 0.4) is 0 Å². The first-order chi connectivity index (χ1) is 13.1. The number of thiophene rings is 1. The summed E-state index contributed by atoms with van der Waals surface area (Å²) in [7, 11) is 0. The summed E-state index contributed by atoms with van der Waals surface area (Å²) >= 11 is 5.00. The van der Waals surface area contributed by atoms with E-state index in [-0.39, 0.29) is 23.3 Å². The fourth-order valence-corrected chi connectivity index (χ4v) is 5.16. The second kappa shape index (κ2) is 7.76. The SMILES string of the molecule is O=C(NC1(c2cccc(Br)c2)CCC1)C1CCCN(C(=O)c2cccs2)C1. The molecule has 1 aromatic heterocycles. The van der Waals surface area contributed by atoms with Crippen LogP contribution in [-0.4, -0.2) is 29.8 Å². The van der Waals surface area contributed by atoms with Crippen molar-refractivity contribution < 1.29 is 9.59 Å². The standard InChI is InChI=1S/C21H23BrN2O2S/c22-17-7-1-6-16(13-17)21(9-4-10-21)23-19(25)15-5-2-11-24(14-15)20(26)18-8-3-12-27-18/h1,3,6-8,12-13,15H,2,4-5,9-11,14H2,(H,23,25). The zero-order chi connectivity index (χ0) is 18.9. The highest BCUT2D eigenvalue weighted by atomic mass is 79.9. The zero-order valence-corrected chi connectivity index (χ0v) is 17.5. The predicted molar refractivity (Wildman–Crippen MR) is 111 cm³/mol. The van der Waals surface area contributed by atoms with E-state index in [9.17, 15) is 9.59 Å². The van der Waals surface area contributed by atoms with Crippen LogP contribution in [0.25, 0.3) is 0 Å². The Morgan fingerprint density at radius 2 is 2.04 bits per heavy atom. The molecule has 1 saturated carbocycles. The number of likely N-dealkylation sites (tertiary alicyclic amines) is 1. The molecule has 0 spiro atoms. The second-order valence-corrected chi connectivity index (χ2v) is 9.37. The predicted octanol–water partition coefficient (Wildman–Crippen LogP) is 4.56. The quantitative estimate of drug-likeness (QED) is 0.747. The van der Waals surface area contributed by atoms with Gasteiger partial charge in [0.25, 0.3) is 5.91 Å². The van der Waals surface area contributed by atoms with E-state index in [2.05, 4.69) is 33.4 Å². The number of hydrogen-bond donors (Lipinski definition) is 1. The van der Waals surface area contributed by atoms with Gasteiger partial charge >= 0.3 is 0 Å². The van der Waals surface area contributed by atoms with Gasteiger partial charge in [0.05, 0.1) is 16.3 Å². The van der Waals surface area contributed by atoms with Crippen LogP contribution in [0.4, 0.5) is 0 Å². The Labute approximate surface area is 172 Å². The maximum Gasteiger partial charge on any atom is 0.263 e. The molecule has 1 atom stereocenters. The molecule has 1 aliphatic carbocycles. The Balaban J connectivity index is 1.45. The van der Waals surface area contributed by atoms with Gasteiger partial charge in [-0.3, -0.25) is 9.59 Å². The maximum atomic E-state index is 13.1. The van der Waals surface area contributed by atoms with Crippen molar-refractivity contribution in [1.82, 2.24) is 10.2 Å². The number of piperidine rings is 1. The highest BCUT2D eigenvalue weighted by Gasteiger charge is 2.42. The fraction of sp³-hybridized carbons (Fsp3) is 0.429. The highest BCUT2D eigenvalue weighted by Crippen LogP contribution is 2.42. The smallest absolute Gasteiger partial charge is 0.263 e. The molecule has 2 aromatic rings. The lowest BCUT2D eigenvalue weighted by molar-refractivity contribution is -0.129. The molecular formula is C21H23BrN2O2S. The van der Waals surface area contributed by atoms with Gasteiger partial charge < -0.3 is 10.2 Å². The summed E-state index contributed by atoms with van der Waals surface area (Å²) in [6.07, 6.45) is 4.79. The molecule has 1 aromatic carbocycles. The molecule has 1 unspecified atom stereocenters. The summed E-state index contributed by atoms with van der Waals surface area (Å²) in [5.74, 6) is -0.00140. The first-order valence-corrected chi connectivity index (χ1v) is 11.2. The van der Waals surface area contributed by atoms with Crippen molar-refractivity contribution in [2.24, 2.45) is 5.92 Å². The largest absolute Gasteiger partial charge is 0.346 e. The van der Waals surface area contributed by atoms with E-state index in [4.69, 9.17) is 0 Å². The van der Waals surface area contributed by atoms with Gasteiger partial charge in [-0.1, -0.05) is 34.1 Å². The minimum atomic E-state index is -0.249. The van der Waals surface area contributed by atoms with E-state index in [0.717, 1.165) is 48.0 Å². The molecular weight excluding hydrogens is 424 g/mol. The highest BCUT2D eigenvalue weighted by molar-refractivity contribution is 9.10. The summed E-state index contributed by atoms with van der Waals surface area (Å²) in [4.78, 5) is 28.3. The normalized spacial score (nSPS) is 21.4. The Morgan fingerprint density at radius 1 is 1.19 bits per heavy atom. The van der Waals surface area contributed by atoms with Gasteiger partial charge in [-0.25, -0.2) is 0 Å². The molecule has 1 N–H and O–H groups in total. The molecule has 1 saturated heterocycles. The number of hydrogen-bond acceptors (Lipinski definition) is 3. The van der Waals surface area contributed by atoms with Crippen LogP contribution >= 0.6 is 27.3 Å². The van der Waals surface area contributed by atoms with Gasteiger partial charge in [-0.2, -0.15) is 0 Å². The minimum absolute atomic E-state index is 0.0489. The van der Waals surface area contributed by atoms with Gasteiger partial charge in [0.2, 0.25) is 5.91 Å². The van der Waals surface area contributed by atoms with Crippen molar-refractivity contribution in [1.29, 1.82) is 0 Å². The number of rotatable bonds is 4. The van der Waals surface area contributed by atoms with Gasteiger partial charge in [0.1, 0.15) is 0 Å². The van der Waals surface area contributed by atoms with Crippen LogP contribution in [0.15, 0.2) is 46.3 Å². The van der Waals surface area contributed by atoms with E-state index in [1.165, 1.54) is 16.9 Å². The van der Waals surface area contributed by atoms with E-state index in [0.29, 0.717) is 6.54 Å². The maximum absolute atomic E-state index is 13.1. The average Bonchev–Trinajstić information content (AvgIpc) is 3.18. The minimum Gasteiger partial charge on any atom is -0.346 e. The van der Waals surface area contributed by atoms with Crippen molar-refractivity contribution in [3.05, 3.63) is 56.7 Å². The molecule has 1 aliphatic heterocycles. The molecule has 4 nitrogen and oxygen atoms in total. The Morgan fingerprint density at radius 3 is 2.70 bits per heavy atom. The van der Waals surface area contributed by atoms with Crippen LogP contribution in [0, 0.1) is 5.92 Å². The molecule has 27 heavy (non-hydrogen) atoms. The van der Waals surface area contributed by atoms with Gasteiger partial charge in [-0.05, 0) is 61.2 Å². The van der Waals surface area contributed by atoms with Gasteiger partial charge in [0.15, 0.2) is 0 Å². The summed E-state index contributed by atoms with van der Waals surface area (Å²) in [5.41, 5.74) is 0.916. The molecule has 2 amide bonds. The lowest BCUT2D eigenvalue weighted by Gasteiger charge is -2.44.